The van der Waals surface area contributed by atoms with E-state index in [1.165, 1.54) is 5.56 Å². The zero-order valence-corrected chi connectivity index (χ0v) is 11.1. The molecule has 18 heavy (non-hydrogen) atoms. The van der Waals surface area contributed by atoms with Gasteiger partial charge in [0, 0.05) is 18.8 Å². The topological polar surface area (TPSA) is 55.6 Å². The van der Waals surface area contributed by atoms with Crippen molar-refractivity contribution in [2.24, 2.45) is 0 Å². The van der Waals surface area contributed by atoms with E-state index in [0.29, 0.717) is 12.6 Å². The molecule has 0 aliphatic heterocycles. The standard InChI is InChI=1S/C13H19N5/c1-10(2)18-13(16-9-17-18)8-14-7-12-11(3)5-4-6-15-12/h4-6,9-10,14H,7-8H2,1-3H3. The second kappa shape index (κ2) is 5.73. The third-order valence-electron chi connectivity index (χ3n) is 2.83. The predicted octanol–water partition coefficient (Wildman–Crippen LogP) is 1.85. The van der Waals surface area contributed by atoms with Gasteiger partial charge in [-0.25, -0.2) is 9.67 Å². The second-order valence-electron chi connectivity index (χ2n) is 4.59. The Kier molecular flexibility index (Phi) is 4.04. The monoisotopic (exact) mass is 245 g/mol. The van der Waals surface area contributed by atoms with E-state index in [0.717, 1.165) is 18.1 Å². The molecule has 2 rings (SSSR count). The van der Waals surface area contributed by atoms with Gasteiger partial charge in [-0.3, -0.25) is 4.98 Å². The number of rotatable bonds is 5. The van der Waals surface area contributed by atoms with Crippen molar-refractivity contribution in [2.45, 2.75) is 39.9 Å². The number of nitrogens with zero attached hydrogens (tertiary/aromatic N) is 4. The zero-order valence-electron chi connectivity index (χ0n) is 11.1. The second-order valence-corrected chi connectivity index (χ2v) is 4.59. The molecule has 2 aromatic rings. The summed E-state index contributed by atoms with van der Waals surface area (Å²) in [6.07, 6.45) is 3.42. The predicted molar refractivity (Wildman–Crippen MR) is 69.9 cm³/mol. The molecule has 0 bridgehead atoms. The zero-order chi connectivity index (χ0) is 13.0. The van der Waals surface area contributed by atoms with Gasteiger partial charge in [0.1, 0.15) is 12.2 Å². The van der Waals surface area contributed by atoms with Crippen LogP contribution >= 0.6 is 0 Å². The van der Waals surface area contributed by atoms with Crippen molar-refractivity contribution in [2.75, 3.05) is 0 Å². The Labute approximate surface area is 107 Å². The minimum Gasteiger partial charge on any atom is -0.304 e. The lowest BCUT2D eigenvalue weighted by Crippen LogP contribution is -2.19. The van der Waals surface area contributed by atoms with Crippen LogP contribution < -0.4 is 5.32 Å². The molecule has 5 heteroatoms. The summed E-state index contributed by atoms with van der Waals surface area (Å²) in [5.74, 6) is 0.957. The van der Waals surface area contributed by atoms with E-state index >= 15 is 0 Å². The molecule has 0 spiro atoms. The van der Waals surface area contributed by atoms with E-state index in [2.05, 4.69) is 47.2 Å². The Morgan fingerprint density at radius 1 is 1.28 bits per heavy atom. The van der Waals surface area contributed by atoms with Crippen LogP contribution in [0.25, 0.3) is 0 Å². The lowest BCUT2D eigenvalue weighted by atomic mass is 10.2. The highest BCUT2D eigenvalue weighted by Gasteiger charge is 2.07. The van der Waals surface area contributed by atoms with Crippen molar-refractivity contribution >= 4 is 0 Å². The van der Waals surface area contributed by atoms with Gasteiger partial charge in [-0.2, -0.15) is 5.10 Å². The average molecular weight is 245 g/mol. The third-order valence-corrected chi connectivity index (χ3v) is 2.83. The van der Waals surface area contributed by atoms with E-state index < -0.39 is 0 Å². The minimum absolute atomic E-state index is 0.334. The molecule has 0 aromatic carbocycles. The van der Waals surface area contributed by atoms with Gasteiger partial charge in [-0.05, 0) is 32.4 Å². The van der Waals surface area contributed by atoms with Crippen LogP contribution in [-0.4, -0.2) is 19.7 Å². The molecule has 2 heterocycles. The molecule has 0 radical (unpaired) electrons. The summed E-state index contributed by atoms with van der Waals surface area (Å²) in [7, 11) is 0. The number of hydrogen-bond donors (Lipinski definition) is 1. The van der Waals surface area contributed by atoms with Gasteiger partial charge in [0.25, 0.3) is 0 Å². The lowest BCUT2D eigenvalue weighted by molar-refractivity contribution is 0.489. The van der Waals surface area contributed by atoms with Gasteiger partial charge < -0.3 is 5.32 Å². The molecule has 1 N–H and O–H groups in total. The van der Waals surface area contributed by atoms with Crippen molar-refractivity contribution in [3.8, 4) is 0 Å². The lowest BCUT2D eigenvalue weighted by Gasteiger charge is -2.10. The summed E-state index contributed by atoms with van der Waals surface area (Å²) >= 11 is 0. The van der Waals surface area contributed by atoms with Crippen LogP contribution in [0.1, 0.15) is 37.0 Å². The van der Waals surface area contributed by atoms with Crippen molar-refractivity contribution in [1.29, 1.82) is 0 Å². The Hall–Kier alpha value is -1.75. The fraction of sp³-hybridized carbons (Fsp3) is 0.462. The molecule has 5 nitrogen and oxygen atoms in total. The maximum Gasteiger partial charge on any atom is 0.141 e. The molecule has 0 unspecified atom stereocenters. The van der Waals surface area contributed by atoms with E-state index in [4.69, 9.17) is 0 Å². The molecule has 0 amide bonds. The van der Waals surface area contributed by atoms with Crippen LogP contribution in [0, 0.1) is 6.92 Å². The average Bonchev–Trinajstić information content (AvgIpc) is 2.80. The highest BCUT2D eigenvalue weighted by molar-refractivity contribution is 5.17. The van der Waals surface area contributed by atoms with Crippen molar-refractivity contribution in [3.05, 3.63) is 41.7 Å². The number of aryl methyl sites for hydroxylation is 1. The Morgan fingerprint density at radius 3 is 2.83 bits per heavy atom. The van der Waals surface area contributed by atoms with Crippen molar-refractivity contribution in [3.63, 3.8) is 0 Å². The Morgan fingerprint density at radius 2 is 2.11 bits per heavy atom. The summed E-state index contributed by atoms with van der Waals surface area (Å²) in [6.45, 7) is 7.72. The van der Waals surface area contributed by atoms with Gasteiger partial charge >= 0.3 is 0 Å². The van der Waals surface area contributed by atoms with Crippen LogP contribution in [0.15, 0.2) is 24.7 Å². The first-order chi connectivity index (χ1) is 8.68. The Bertz CT molecular complexity index is 504. The van der Waals surface area contributed by atoms with Crippen LogP contribution in [0.5, 0.6) is 0 Å². The molecule has 0 aliphatic carbocycles. The summed E-state index contributed by atoms with van der Waals surface area (Å²) in [4.78, 5) is 8.61. The molecule has 0 fully saturated rings. The van der Waals surface area contributed by atoms with Gasteiger partial charge in [0.2, 0.25) is 0 Å². The molecular weight excluding hydrogens is 226 g/mol. The van der Waals surface area contributed by atoms with Crippen LogP contribution in [0.4, 0.5) is 0 Å². The van der Waals surface area contributed by atoms with Gasteiger partial charge in [0.15, 0.2) is 0 Å². The number of hydrogen-bond acceptors (Lipinski definition) is 4. The van der Waals surface area contributed by atoms with Crippen LogP contribution in [0.3, 0.4) is 0 Å². The van der Waals surface area contributed by atoms with Crippen LogP contribution in [-0.2, 0) is 13.1 Å². The molecular formula is C13H19N5. The molecule has 0 saturated carbocycles. The SMILES string of the molecule is Cc1cccnc1CNCc1ncnn1C(C)C. The molecule has 2 aromatic heterocycles. The van der Waals surface area contributed by atoms with Gasteiger partial charge in [-0.15, -0.1) is 0 Å². The van der Waals surface area contributed by atoms with E-state index in [-0.39, 0.29) is 0 Å². The molecule has 0 saturated heterocycles. The smallest absolute Gasteiger partial charge is 0.141 e. The normalized spacial score (nSPS) is 11.1. The van der Waals surface area contributed by atoms with Crippen LogP contribution in [0.2, 0.25) is 0 Å². The summed E-state index contributed by atoms with van der Waals surface area (Å²) < 4.78 is 1.93. The summed E-state index contributed by atoms with van der Waals surface area (Å²) in [5.41, 5.74) is 2.28. The minimum atomic E-state index is 0.334. The maximum absolute atomic E-state index is 4.35. The molecule has 0 aliphatic rings. The first-order valence-corrected chi connectivity index (χ1v) is 6.18. The number of pyridine rings is 1. The van der Waals surface area contributed by atoms with E-state index in [1.54, 1.807) is 6.33 Å². The quantitative estimate of drug-likeness (QED) is 0.873. The number of aromatic nitrogens is 4. The first kappa shape index (κ1) is 12.7. The van der Waals surface area contributed by atoms with E-state index in [9.17, 15) is 0 Å². The Balaban J connectivity index is 1.93. The largest absolute Gasteiger partial charge is 0.304 e. The van der Waals surface area contributed by atoms with Crippen molar-refractivity contribution < 1.29 is 0 Å². The summed E-state index contributed by atoms with van der Waals surface area (Å²) in [6, 6.07) is 4.36. The number of nitrogens with one attached hydrogen (secondary N) is 1. The van der Waals surface area contributed by atoms with E-state index in [1.807, 2.05) is 16.9 Å². The third kappa shape index (κ3) is 2.92. The summed E-state index contributed by atoms with van der Waals surface area (Å²) in [5, 5.41) is 7.56. The first-order valence-electron chi connectivity index (χ1n) is 6.18. The molecule has 0 atom stereocenters. The fourth-order valence-electron chi connectivity index (χ4n) is 1.83. The highest BCUT2D eigenvalue weighted by atomic mass is 15.3. The fourth-order valence-corrected chi connectivity index (χ4v) is 1.83. The van der Waals surface area contributed by atoms with Gasteiger partial charge in [-0.1, -0.05) is 6.07 Å². The highest BCUT2D eigenvalue weighted by Crippen LogP contribution is 2.06. The van der Waals surface area contributed by atoms with Gasteiger partial charge in [0.05, 0.1) is 12.2 Å². The maximum atomic E-state index is 4.35. The molecule has 96 valence electrons. The van der Waals surface area contributed by atoms with Crippen molar-refractivity contribution in [1.82, 2.24) is 25.1 Å².